The zero-order valence-corrected chi connectivity index (χ0v) is 11.1. The number of halogens is 2. The molecular formula is C14H19ClFNO. The SMILES string of the molecule is OCC1CCCC1CNCc1cc(Cl)ccc1F. The predicted octanol–water partition coefficient (Wildman–Crippen LogP) is 2.98. The molecule has 1 fully saturated rings. The summed E-state index contributed by atoms with van der Waals surface area (Å²) in [5.74, 6) is 0.691. The quantitative estimate of drug-likeness (QED) is 0.863. The van der Waals surface area contributed by atoms with Crippen molar-refractivity contribution in [3.05, 3.63) is 34.6 Å². The third-order valence-corrected chi connectivity index (χ3v) is 4.02. The summed E-state index contributed by atoms with van der Waals surface area (Å²) in [6.07, 6.45) is 3.44. The largest absolute Gasteiger partial charge is 0.396 e. The molecule has 18 heavy (non-hydrogen) atoms. The van der Waals surface area contributed by atoms with E-state index < -0.39 is 0 Å². The van der Waals surface area contributed by atoms with E-state index >= 15 is 0 Å². The van der Waals surface area contributed by atoms with Crippen LogP contribution < -0.4 is 5.32 Å². The summed E-state index contributed by atoms with van der Waals surface area (Å²) in [5.41, 5.74) is 0.598. The van der Waals surface area contributed by atoms with Gasteiger partial charge in [-0.15, -0.1) is 0 Å². The molecule has 0 aliphatic heterocycles. The Morgan fingerprint density at radius 1 is 1.33 bits per heavy atom. The van der Waals surface area contributed by atoms with E-state index in [1.807, 2.05) is 0 Å². The van der Waals surface area contributed by atoms with Crippen molar-refractivity contribution < 1.29 is 9.50 Å². The minimum atomic E-state index is -0.225. The van der Waals surface area contributed by atoms with Crippen LogP contribution in [0.15, 0.2) is 18.2 Å². The van der Waals surface area contributed by atoms with Crippen molar-refractivity contribution in [2.24, 2.45) is 11.8 Å². The van der Waals surface area contributed by atoms with E-state index in [2.05, 4.69) is 5.32 Å². The molecule has 2 N–H and O–H groups in total. The Labute approximate surface area is 112 Å². The first-order valence-electron chi connectivity index (χ1n) is 6.46. The van der Waals surface area contributed by atoms with Crippen LogP contribution in [0.5, 0.6) is 0 Å². The highest BCUT2D eigenvalue weighted by atomic mass is 35.5. The maximum atomic E-state index is 13.5. The van der Waals surface area contributed by atoms with Gasteiger partial charge in [0.2, 0.25) is 0 Å². The van der Waals surface area contributed by atoms with Crippen LogP contribution in [0.1, 0.15) is 24.8 Å². The van der Waals surface area contributed by atoms with Crippen molar-refractivity contribution in [3.63, 3.8) is 0 Å². The zero-order valence-electron chi connectivity index (χ0n) is 10.3. The fourth-order valence-electron chi connectivity index (χ4n) is 2.69. The number of hydrogen-bond acceptors (Lipinski definition) is 2. The van der Waals surface area contributed by atoms with Crippen molar-refractivity contribution in [1.29, 1.82) is 0 Å². The third kappa shape index (κ3) is 3.44. The molecule has 2 unspecified atom stereocenters. The smallest absolute Gasteiger partial charge is 0.127 e. The van der Waals surface area contributed by atoms with E-state index in [-0.39, 0.29) is 12.4 Å². The molecule has 1 saturated carbocycles. The van der Waals surface area contributed by atoms with Crippen LogP contribution in [0.2, 0.25) is 5.02 Å². The van der Waals surface area contributed by atoms with Crippen LogP contribution in [0.3, 0.4) is 0 Å². The average molecular weight is 272 g/mol. The highest BCUT2D eigenvalue weighted by Crippen LogP contribution is 2.30. The highest BCUT2D eigenvalue weighted by Gasteiger charge is 2.25. The fraction of sp³-hybridized carbons (Fsp3) is 0.571. The molecule has 0 bridgehead atoms. The van der Waals surface area contributed by atoms with Gasteiger partial charge >= 0.3 is 0 Å². The minimum Gasteiger partial charge on any atom is -0.396 e. The van der Waals surface area contributed by atoms with Gasteiger partial charge < -0.3 is 10.4 Å². The van der Waals surface area contributed by atoms with Crippen LogP contribution in [-0.2, 0) is 6.54 Å². The molecule has 4 heteroatoms. The van der Waals surface area contributed by atoms with Gasteiger partial charge in [-0.3, -0.25) is 0 Å². The molecule has 0 aromatic heterocycles. The number of rotatable bonds is 5. The van der Waals surface area contributed by atoms with E-state index in [1.54, 1.807) is 12.1 Å². The lowest BCUT2D eigenvalue weighted by atomic mass is 9.97. The second kappa shape index (κ2) is 6.50. The maximum absolute atomic E-state index is 13.5. The number of aliphatic hydroxyl groups is 1. The van der Waals surface area contributed by atoms with E-state index in [9.17, 15) is 9.50 Å². The molecule has 1 aromatic rings. The van der Waals surface area contributed by atoms with Crippen LogP contribution in [0.25, 0.3) is 0 Å². The molecule has 2 atom stereocenters. The summed E-state index contributed by atoms with van der Waals surface area (Å²) in [6.45, 7) is 1.58. The van der Waals surface area contributed by atoms with Gasteiger partial charge in [0.1, 0.15) is 5.82 Å². The number of aliphatic hydroxyl groups excluding tert-OH is 1. The third-order valence-electron chi connectivity index (χ3n) is 3.78. The lowest BCUT2D eigenvalue weighted by molar-refractivity contribution is 0.192. The summed E-state index contributed by atoms with van der Waals surface area (Å²) in [6, 6.07) is 4.60. The highest BCUT2D eigenvalue weighted by molar-refractivity contribution is 6.30. The van der Waals surface area contributed by atoms with Gasteiger partial charge in [0, 0.05) is 23.7 Å². The molecule has 0 radical (unpaired) electrons. The molecule has 100 valence electrons. The molecule has 1 aliphatic carbocycles. The predicted molar refractivity (Wildman–Crippen MR) is 71.0 cm³/mol. The van der Waals surface area contributed by atoms with Crippen molar-refractivity contribution in [2.75, 3.05) is 13.2 Å². The second-order valence-corrected chi connectivity index (χ2v) is 5.44. The molecule has 2 rings (SSSR count). The van der Waals surface area contributed by atoms with Gasteiger partial charge in [-0.25, -0.2) is 4.39 Å². The first-order valence-corrected chi connectivity index (χ1v) is 6.84. The second-order valence-electron chi connectivity index (χ2n) is 5.00. The molecular weight excluding hydrogens is 253 g/mol. The summed E-state index contributed by atoms with van der Waals surface area (Å²) in [4.78, 5) is 0. The lowest BCUT2D eigenvalue weighted by Crippen LogP contribution is -2.26. The van der Waals surface area contributed by atoms with Crippen LogP contribution in [0, 0.1) is 17.7 Å². The molecule has 0 saturated heterocycles. The van der Waals surface area contributed by atoms with Crippen molar-refractivity contribution in [2.45, 2.75) is 25.8 Å². The maximum Gasteiger partial charge on any atom is 0.127 e. The van der Waals surface area contributed by atoms with Crippen molar-refractivity contribution in [1.82, 2.24) is 5.32 Å². The van der Waals surface area contributed by atoms with Crippen molar-refractivity contribution >= 4 is 11.6 Å². The van der Waals surface area contributed by atoms with E-state index in [4.69, 9.17) is 11.6 Å². The van der Waals surface area contributed by atoms with Crippen LogP contribution in [-0.4, -0.2) is 18.3 Å². The first-order chi connectivity index (χ1) is 8.70. The Kier molecular flexibility index (Phi) is 4.98. The zero-order chi connectivity index (χ0) is 13.0. The topological polar surface area (TPSA) is 32.3 Å². The fourth-order valence-corrected chi connectivity index (χ4v) is 2.89. The minimum absolute atomic E-state index is 0.225. The number of nitrogens with one attached hydrogen (secondary N) is 1. The van der Waals surface area contributed by atoms with E-state index in [0.29, 0.717) is 29.0 Å². The monoisotopic (exact) mass is 271 g/mol. The summed E-state index contributed by atoms with van der Waals surface area (Å²) in [5, 5.41) is 13.1. The Morgan fingerprint density at radius 2 is 2.11 bits per heavy atom. The summed E-state index contributed by atoms with van der Waals surface area (Å²) in [7, 11) is 0. The molecule has 1 aromatic carbocycles. The Balaban J connectivity index is 1.83. The van der Waals surface area contributed by atoms with Gasteiger partial charge in [-0.2, -0.15) is 0 Å². The molecule has 2 nitrogen and oxygen atoms in total. The van der Waals surface area contributed by atoms with Gasteiger partial charge in [0.25, 0.3) is 0 Å². The molecule has 0 spiro atoms. The van der Waals surface area contributed by atoms with Gasteiger partial charge in [-0.1, -0.05) is 18.0 Å². The van der Waals surface area contributed by atoms with E-state index in [1.165, 1.54) is 12.5 Å². The van der Waals surface area contributed by atoms with Crippen LogP contribution >= 0.6 is 11.6 Å². The number of hydrogen-bond donors (Lipinski definition) is 2. The van der Waals surface area contributed by atoms with E-state index in [0.717, 1.165) is 19.4 Å². The van der Waals surface area contributed by atoms with Gasteiger partial charge in [-0.05, 0) is 49.4 Å². The number of benzene rings is 1. The molecule has 0 amide bonds. The van der Waals surface area contributed by atoms with Gasteiger partial charge in [0.05, 0.1) is 0 Å². The Morgan fingerprint density at radius 3 is 2.89 bits per heavy atom. The molecule has 1 aliphatic rings. The lowest BCUT2D eigenvalue weighted by Gasteiger charge is -2.18. The van der Waals surface area contributed by atoms with Gasteiger partial charge in [0.15, 0.2) is 0 Å². The van der Waals surface area contributed by atoms with Crippen LogP contribution in [0.4, 0.5) is 4.39 Å². The summed E-state index contributed by atoms with van der Waals surface area (Å²) < 4.78 is 13.5. The Bertz CT molecular complexity index is 399. The average Bonchev–Trinajstić information content (AvgIpc) is 2.81. The Hall–Kier alpha value is -0.640. The van der Waals surface area contributed by atoms with Crippen molar-refractivity contribution in [3.8, 4) is 0 Å². The standard InChI is InChI=1S/C14H19ClFNO/c15-13-4-5-14(16)12(6-13)8-17-7-10-2-1-3-11(10)9-18/h4-6,10-11,17-18H,1-3,7-9H2. The summed E-state index contributed by atoms with van der Waals surface area (Å²) >= 11 is 5.84. The first kappa shape index (κ1) is 13.8. The molecule has 0 heterocycles. The normalized spacial score (nSPS) is 23.5.